The highest BCUT2D eigenvalue weighted by atomic mass is 15.0. The van der Waals surface area contributed by atoms with Crippen molar-refractivity contribution in [3.63, 3.8) is 0 Å². The molecule has 0 atom stereocenters. The summed E-state index contributed by atoms with van der Waals surface area (Å²) < 4.78 is 0. The molecular weight excluding hydrogens is 210 g/mol. The minimum atomic E-state index is 0.526. The number of rotatable bonds is 4. The molecule has 0 radical (unpaired) electrons. The van der Waals surface area contributed by atoms with E-state index in [-0.39, 0.29) is 0 Å². The molecule has 3 N–H and O–H groups in total. The summed E-state index contributed by atoms with van der Waals surface area (Å²) in [6.07, 6.45) is 2.29. The third kappa shape index (κ3) is 3.21. The van der Waals surface area contributed by atoms with E-state index in [2.05, 4.69) is 41.5 Å². The topological polar surface area (TPSA) is 50.9 Å². The first kappa shape index (κ1) is 11.5. The van der Waals surface area contributed by atoms with E-state index in [0.29, 0.717) is 5.82 Å². The zero-order valence-electron chi connectivity index (χ0n) is 9.98. The lowest BCUT2D eigenvalue weighted by molar-refractivity contribution is 0.922. The second-order valence-corrected chi connectivity index (χ2v) is 4.02. The van der Waals surface area contributed by atoms with Crippen LogP contribution in [0, 0.1) is 0 Å². The van der Waals surface area contributed by atoms with Crippen LogP contribution in [-0.2, 0) is 6.42 Å². The summed E-state index contributed by atoms with van der Waals surface area (Å²) in [4.78, 5) is 4.19. The molecule has 17 heavy (non-hydrogen) atoms. The van der Waals surface area contributed by atoms with Crippen molar-refractivity contribution >= 4 is 17.3 Å². The van der Waals surface area contributed by atoms with E-state index in [1.165, 1.54) is 12.0 Å². The summed E-state index contributed by atoms with van der Waals surface area (Å²) in [6.45, 7) is 2.18. The minimum absolute atomic E-state index is 0.526. The predicted molar refractivity (Wildman–Crippen MR) is 72.4 cm³/mol. The maximum atomic E-state index is 5.62. The van der Waals surface area contributed by atoms with Crippen molar-refractivity contribution in [2.75, 3.05) is 11.1 Å². The average molecular weight is 227 g/mol. The third-order valence-corrected chi connectivity index (χ3v) is 2.54. The maximum absolute atomic E-state index is 5.62. The van der Waals surface area contributed by atoms with E-state index in [9.17, 15) is 0 Å². The predicted octanol–water partition coefficient (Wildman–Crippen LogP) is 3.36. The van der Waals surface area contributed by atoms with E-state index >= 15 is 0 Å². The van der Waals surface area contributed by atoms with Crippen molar-refractivity contribution in [3.8, 4) is 0 Å². The van der Waals surface area contributed by atoms with Gasteiger partial charge in [-0.2, -0.15) is 0 Å². The highest BCUT2D eigenvalue weighted by Gasteiger charge is 1.97. The number of anilines is 3. The summed E-state index contributed by atoms with van der Waals surface area (Å²) in [7, 11) is 0. The van der Waals surface area contributed by atoms with Crippen LogP contribution in [0.2, 0.25) is 0 Å². The summed E-state index contributed by atoms with van der Waals surface area (Å²) in [5, 5.41) is 3.22. The van der Waals surface area contributed by atoms with E-state index in [0.717, 1.165) is 17.9 Å². The van der Waals surface area contributed by atoms with Crippen LogP contribution in [0.15, 0.2) is 42.5 Å². The lowest BCUT2D eigenvalue weighted by Crippen LogP contribution is -1.96. The number of hydrogen-bond donors (Lipinski definition) is 2. The standard InChI is InChI=1S/C14H17N3/c1-2-4-11-7-9-12(10-8-11)16-14-6-3-5-13(15)17-14/h3,5-10H,2,4H2,1H3,(H3,15,16,17). The quantitative estimate of drug-likeness (QED) is 0.842. The molecule has 1 aromatic heterocycles. The van der Waals surface area contributed by atoms with Crippen molar-refractivity contribution in [2.45, 2.75) is 19.8 Å². The molecule has 3 heteroatoms. The number of nitrogens with zero attached hydrogens (tertiary/aromatic N) is 1. The number of aryl methyl sites for hydroxylation is 1. The van der Waals surface area contributed by atoms with Gasteiger partial charge in [0.2, 0.25) is 0 Å². The van der Waals surface area contributed by atoms with Gasteiger partial charge in [-0.25, -0.2) is 4.98 Å². The molecular formula is C14H17N3. The Balaban J connectivity index is 2.08. The van der Waals surface area contributed by atoms with Gasteiger partial charge in [0.05, 0.1) is 0 Å². The molecule has 0 aliphatic carbocycles. The number of nitrogens with two attached hydrogens (primary N) is 1. The first-order chi connectivity index (χ1) is 8.28. The summed E-state index contributed by atoms with van der Waals surface area (Å²) in [6, 6.07) is 14.0. The second-order valence-electron chi connectivity index (χ2n) is 4.02. The molecule has 0 saturated carbocycles. The molecule has 0 bridgehead atoms. The average Bonchev–Trinajstić information content (AvgIpc) is 2.32. The van der Waals surface area contributed by atoms with Crippen LogP contribution in [0.3, 0.4) is 0 Å². The fourth-order valence-corrected chi connectivity index (χ4v) is 1.71. The van der Waals surface area contributed by atoms with E-state index in [1.807, 2.05) is 12.1 Å². The Bertz CT molecular complexity index is 477. The molecule has 0 saturated heterocycles. The Morgan fingerprint density at radius 2 is 1.88 bits per heavy atom. The normalized spacial score (nSPS) is 10.2. The van der Waals surface area contributed by atoms with Gasteiger partial charge in [0.25, 0.3) is 0 Å². The largest absolute Gasteiger partial charge is 0.384 e. The third-order valence-electron chi connectivity index (χ3n) is 2.54. The van der Waals surface area contributed by atoms with Crippen LogP contribution in [0.25, 0.3) is 0 Å². The molecule has 2 rings (SSSR count). The number of benzene rings is 1. The monoisotopic (exact) mass is 227 g/mol. The molecule has 1 heterocycles. The molecule has 1 aromatic carbocycles. The molecule has 0 aliphatic heterocycles. The highest BCUT2D eigenvalue weighted by molar-refractivity contribution is 5.57. The zero-order chi connectivity index (χ0) is 12.1. The van der Waals surface area contributed by atoms with Crippen molar-refractivity contribution in [1.82, 2.24) is 4.98 Å². The SMILES string of the molecule is CCCc1ccc(Nc2cccc(N)n2)cc1. The lowest BCUT2D eigenvalue weighted by Gasteiger charge is -2.07. The molecule has 88 valence electrons. The minimum Gasteiger partial charge on any atom is -0.384 e. The zero-order valence-corrected chi connectivity index (χ0v) is 9.98. The van der Waals surface area contributed by atoms with Crippen molar-refractivity contribution in [3.05, 3.63) is 48.0 Å². The van der Waals surface area contributed by atoms with Gasteiger partial charge < -0.3 is 11.1 Å². The Hall–Kier alpha value is -2.03. The van der Waals surface area contributed by atoms with Gasteiger partial charge >= 0.3 is 0 Å². The van der Waals surface area contributed by atoms with Gasteiger partial charge in [-0.1, -0.05) is 31.5 Å². The van der Waals surface area contributed by atoms with Gasteiger partial charge in [-0.3, -0.25) is 0 Å². The first-order valence-corrected chi connectivity index (χ1v) is 5.86. The van der Waals surface area contributed by atoms with Crippen molar-refractivity contribution < 1.29 is 0 Å². The molecule has 0 unspecified atom stereocenters. The van der Waals surface area contributed by atoms with Crippen LogP contribution < -0.4 is 11.1 Å². The Labute approximate surface area is 102 Å². The number of nitrogen functional groups attached to an aromatic ring is 1. The Morgan fingerprint density at radius 3 is 2.53 bits per heavy atom. The summed E-state index contributed by atoms with van der Waals surface area (Å²) >= 11 is 0. The second kappa shape index (κ2) is 5.34. The van der Waals surface area contributed by atoms with Crippen LogP contribution in [0.1, 0.15) is 18.9 Å². The van der Waals surface area contributed by atoms with Crippen LogP contribution in [0.5, 0.6) is 0 Å². The molecule has 3 nitrogen and oxygen atoms in total. The fraction of sp³-hybridized carbons (Fsp3) is 0.214. The fourth-order valence-electron chi connectivity index (χ4n) is 1.71. The van der Waals surface area contributed by atoms with E-state index < -0.39 is 0 Å². The van der Waals surface area contributed by atoms with E-state index in [1.54, 1.807) is 6.07 Å². The van der Waals surface area contributed by atoms with Gasteiger partial charge in [0, 0.05) is 5.69 Å². The Kier molecular flexibility index (Phi) is 3.60. The van der Waals surface area contributed by atoms with Crippen molar-refractivity contribution in [2.24, 2.45) is 0 Å². The number of nitrogens with one attached hydrogen (secondary N) is 1. The lowest BCUT2D eigenvalue weighted by atomic mass is 10.1. The number of pyridine rings is 1. The van der Waals surface area contributed by atoms with Crippen LogP contribution >= 0.6 is 0 Å². The maximum Gasteiger partial charge on any atom is 0.132 e. The summed E-state index contributed by atoms with van der Waals surface area (Å²) in [5.41, 5.74) is 8.02. The van der Waals surface area contributed by atoms with Gasteiger partial charge in [0.15, 0.2) is 0 Å². The van der Waals surface area contributed by atoms with Gasteiger partial charge in [0.1, 0.15) is 11.6 Å². The molecule has 0 spiro atoms. The van der Waals surface area contributed by atoms with Crippen molar-refractivity contribution in [1.29, 1.82) is 0 Å². The Morgan fingerprint density at radius 1 is 1.12 bits per heavy atom. The molecule has 0 aliphatic rings. The van der Waals surface area contributed by atoms with Crippen LogP contribution in [0.4, 0.5) is 17.3 Å². The van der Waals surface area contributed by atoms with Crippen LogP contribution in [-0.4, -0.2) is 4.98 Å². The van der Waals surface area contributed by atoms with Gasteiger partial charge in [-0.15, -0.1) is 0 Å². The smallest absolute Gasteiger partial charge is 0.132 e. The number of hydrogen-bond acceptors (Lipinski definition) is 3. The van der Waals surface area contributed by atoms with E-state index in [4.69, 9.17) is 5.73 Å². The molecule has 2 aromatic rings. The number of aromatic nitrogens is 1. The summed E-state index contributed by atoms with van der Waals surface area (Å²) in [5.74, 6) is 1.30. The molecule has 0 fully saturated rings. The first-order valence-electron chi connectivity index (χ1n) is 5.86. The van der Waals surface area contributed by atoms with Gasteiger partial charge in [-0.05, 0) is 36.2 Å². The molecule has 0 amide bonds. The highest BCUT2D eigenvalue weighted by Crippen LogP contribution is 2.16.